The molecule has 132 valence electrons. The van der Waals surface area contributed by atoms with E-state index < -0.39 is 12.1 Å². The van der Waals surface area contributed by atoms with Crippen molar-refractivity contribution in [3.8, 4) is 0 Å². The first kappa shape index (κ1) is 19.0. The Kier molecular flexibility index (Phi) is 7.44. The van der Waals surface area contributed by atoms with Gasteiger partial charge in [0, 0.05) is 17.5 Å². The lowest BCUT2D eigenvalue weighted by atomic mass is 9.93. The van der Waals surface area contributed by atoms with E-state index in [4.69, 9.17) is 16.3 Å². The highest BCUT2D eigenvalue weighted by Gasteiger charge is 2.24. The summed E-state index contributed by atoms with van der Waals surface area (Å²) in [6.45, 7) is 0.538. The molecular weight excluding hydrogens is 342 g/mol. The predicted octanol–water partition coefficient (Wildman–Crippen LogP) is 3.23. The Morgan fingerprint density at radius 3 is 2.44 bits per heavy atom. The van der Waals surface area contributed by atoms with Crippen LogP contribution in [0.1, 0.15) is 23.5 Å². The largest absolute Gasteiger partial charge is 0.479 e. The molecule has 25 heavy (non-hydrogen) atoms. The van der Waals surface area contributed by atoms with Crippen LogP contribution in [0.25, 0.3) is 0 Å². The number of carbonyl (C=O) groups excluding carboxylic acids is 1. The average molecular weight is 362 g/mol. The van der Waals surface area contributed by atoms with Gasteiger partial charge in [-0.05, 0) is 29.7 Å². The molecular formula is C19H20ClNO4. The van der Waals surface area contributed by atoms with E-state index in [9.17, 15) is 14.7 Å². The quantitative estimate of drug-likeness (QED) is 0.637. The van der Waals surface area contributed by atoms with Crippen LogP contribution in [0.3, 0.4) is 0 Å². The maximum atomic E-state index is 11.6. The second kappa shape index (κ2) is 9.81. The van der Waals surface area contributed by atoms with Crippen molar-refractivity contribution in [1.29, 1.82) is 0 Å². The summed E-state index contributed by atoms with van der Waals surface area (Å²) in [7, 11) is 0. The van der Waals surface area contributed by atoms with Crippen LogP contribution in [-0.4, -0.2) is 30.1 Å². The Morgan fingerprint density at radius 2 is 1.84 bits per heavy atom. The topological polar surface area (TPSA) is 75.6 Å². The second-order valence-corrected chi connectivity index (χ2v) is 6.07. The lowest BCUT2D eigenvalue weighted by molar-refractivity contribution is -0.152. The standard InChI is InChI=1S/C19H20ClNO4/c20-17-8-6-15(7-9-17)16(11-21-13-22)10-18(19(23)24)25-12-14-4-2-1-3-5-14/h1-9,13,16,18H,10-12H2,(H,21,22)(H,23,24). The molecule has 5 nitrogen and oxygen atoms in total. The minimum Gasteiger partial charge on any atom is -0.479 e. The van der Waals surface area contributed by atoms with E-state index in [1.54, 1.807) is 12.1 Å². The molecule has 2 rings (SSSR count). The minimum absolute atomic E-state index is 0.195. The number of hydrogen-bond acceptors (Lipinski definition) is 3. The normalized spacial score (nSPS) is 13.0. The van der Waals surface area contributed by atoms with E-state index in [1.807, 2.05) is 42.5 Å². The van der Waals surface area contributed by atoms with Gasteiger partial charge >= 0.3 is 5.97 Å². The number of aliphatic carboxylic acids is 1. The fourth-order valence-corrected chi connectivity index (χ4v) is 2.66. The van der Waals surface area contributed by atoms with Crippen LogP contribution < -0.4 is 5.32 Å². The van der Waals surface area contributed by atoms with E-state index in [0.717, 1.165) is 11.1 Å². The summed E-state index contributed by atoms with van der Waals surface area (Å²) in [5.41, 5.74) is 1.80. The van der Waals surface area contributed by atoms with Crippen molar-refractivity contribution in [2.75, 3.05) is 6.54 Å². The lowest BCUT2D eigenvalue weighted by Crippen LogP contribution is -2.30. The first-order chi connectivity index (χ1) is 12.1. The number of hydrogen-bond donors (Lipinski definition) is 2. The Labute approximate surface area is 151 Å². The highest BCUT2D eigenvalue weighted by atomic mass is 35.5. The van der Waals surface area contributed by atoms with Crippen LogP contribution in [0, 0.1) is 0 Å². The molecule has 0 aliphatic carbocycles. The molecule has 0 aliphatic rings. The molecule has 0 radical (unpaired) electrons. The predicted molar refractivity (Wildman–Crippen MR) is 95.5 cm³/mol. The van der Waals surface area contributed by atoms with E-state index in [1.165, 1.54) is 0 Å². The van der Waals surface area contributed by atoms with Crippen LogP contribution in [-0.2, 0) is 20.9 Å². The van der Waals surface area contributed by atoms with Gasteiger partial charge in [0.05, 0.1) is 6.61 Å². The molecule has 0 spiro atoms. The number of halogens is 1. The molecule has 0 fully saturated rings. The molecule has 0 aromatic heterocycles. The molecule has 2 N–H and O–H groups in total. The molecule has 0 heterocycles. The lowest BCUT2D eigenvalue weighted by Gasteiger charge is -2.22. The van der Waals surface area contributed by atoms with Crippen LogP contribution in [0.2, 0.25) is 5.02 Å². The maximum absolute atomic E-state index is 11.6. The number of amides is 1. The zero-order valence-corrected chi connectivity index (χ0v) is 14.4. The Morgan fingerprint density at radius 1 is 1.16 bits per heavy atom. The average Bonchev–Trinajstić information content (AvgIpc) is 2.62. The van der Waals surface area contributed by atoms with Crippen molar-refractivity contribution in [3.05, 3.63) is 70.7 Å². The zero-order chi connectivity index (χ0) is 18.1. The van der Waals surface area contributed by atoms with E-state index in [-0.39, 0.29) is 18.9 Å². The van der Waals surface area contributed by atoms with Crippen LogP contribution in [0.4, 0.5) is 0 Å². The van der Waals surface area contributed by atoms with Gasteiger partial charge in [-0.3, -0.25) is 4.79 Å². The first-order valence-electron chi connectivity index (χ1n) is 7.91. The highest BCUT2D eigenvalue weighted by Crippen LogP contribution is 2.24. The van der Waals surface area contributed by atoms with Gasteiger partial charge in [0.2, 0.25) is 6.41 Å². The summed E-state index contributed by atoms with van der Waals surface area (Å²) in [6.07, 6.45) is -0.136. The van der Waals surface area contributed by atoms with Crippen LogP contribution in [0.15, 0.2) is 54.6 Å². The van der Waals surface area contributed by atoms with Crippen molar-refractivity contribution in [3.63, 3.8) is 0 Å². The van der Waals surface area contributed by atoms with Crippen molar-refractivity contribution >= 4 is 24.0 Å². The molecule has 2 unspecified atom stereocenters. The van der Waals surface area contributed by atoms with Crippen molar-refractivity contribution < 1.29 is 19.4 Å². The number of carbonyl (C=O) groups is 2. The summed E-state index contributed by atoms with van der Waals surface area (Å²) in [5.74, 6) is -1.22. The molecule has 2 aromatic carbocycles. The fraction of sp³-hybridized carbons (Fsp3) is 0.263. The molecule has 2 atom stereocenters. The van der Waals surface area contributed by atoms with Gasteiger partial charge < -0.3 is 15.2 Å². The maximum Gasteiger partial charge on any atom is 0.332 e. The summed E-state index contributed by atoms with van der Waals surface area (Å²) in [5, 5.41) is 12.7. The summed E-state index contributed by atoms with van der Waals surface area (Å²) in [6, 6.07) is 16.5. The number of rotatable bonds is 10. The number of nitrogens with one attached hydrogen (secondary N) is 1. The van der Waals surface area contributed by atoms with Crippen molar-refractivity contribution in [2.24, 2.45) is 0 Å². The van der Waals surface area contributed by atoms with Gasteiger partial charge in [-0.25, -0.2) is 4.79 Å². The monoisotopic (exact) mass is 361 g/mol. The zero-order valence-electron chi connectivity index (χ0n) is 13.6. The van der Waals surface area contributed by atoms with Gasteiger partial charge in [-0.2, -0.15) is 0 Å². The number of benzene rings is 2. The molecule has 1 amide bonds. The van der Waals surface area contributed by atoms with E-state index in [0.29, 0.717) is 18.0 Å². The minimum atomic E-state index is -1.03. The van der Waals surface area contributed by atoms with Crippen molar-refractivity contribution in [1.82, 2.24) is 5.32 Å². The molecule has 2 aromatic rings. The number of carboxylic acids is 1. The third-order valence-electron chi connectivity index (χ3n) is 3.86. The van der Waals surface area contributed by atoms with E-state index >= 15 is 0 Å². The molecule has 0 bridgehead atoms. The Bertz CT molecular complexity index is 676. The third-order valence-corrected chi connectivity index (χ3v) is 4.11. The summed E-state index contributed by atoms with van der Waals surface area (Å²) < 4.78 is 5.60. The molecule has 0 aliphatic heterocycles. The number of ether oxygens (including phenoxy) is 1. The van der Waals surface area contributed by atoms with Gasteiger partial charge in [0.15, 0.2) is 6.10 Å². The van der Waals surface area contributed by atoms with Gasteiger partial charge in [-0.15, -0.1) is 0 Å². The second-order valence-electron chi connectivity index (χ2n) is 5.63. The molecule has 0 saturated heterocycles. The highest BCUT2D eigenvalue weighted by molar-refractivity contribution is 6.30. The Balaban J connectivity index is 2.07. The summed E-state index contributed by atoms with van der Waals surface area (Å²) in [4.78, 5) is 22.2. The van der Waals surface area contributed by atoms with Crippen molar-refractivity contribution in [2.45, 2.75) is 25.0 Å². The van der Waals surface area contributed by atoms with Gasteiger partial charge in [0.1, 0.15) is 0 Å². The SMILES string of the molecule is O=CNCC(CC(OCc1ccccc1)C(=O)O)c1ccc(Cl)cc1. The van der Waals surface area contributed by atoms with Crippen LogP contribution >= 0.6 is 11.6 Å². The number of carboxylic acid groups (broad SMARTS) is 1. The molecule has 6 heteroatoms. The fourth-order valence-electron chi connectivity index (χ4n) is 2.53. The smallest absolute Gasteiger partial charge is 0.332 e. The third kappa shape index (κ3) is 6.21. The van der Waals surface area contributed by atoms with Gasteiger partial charge in [0.25, 0.3) is 0 Å². The van der Waals surface area contributed by atoms with E-state index in [2.05, 4.69) is 5.32 Å². The first-order valence-corrected chi connectivity index (χ1v) is 8.28. The Hall–Kier alpha value is -2.37. The van der Waals surface area contributed by atoms with Gasteiger partial charge in [-0.1, -0.05) is 54.1 Å². The molecule has 0 saturated carbocycles. The summed E-state index contributed by atoms with van der Waals surface area (Å²) >= 11 is 5.90. The van der Waals surface area contributed by atoms with Crippen LogP contribution in [0.5, 0.6) is 0 Å².